The standard InChI is InChI=1S/C26H40NO.ClH/c1-4-6-8-14-24-16-17-26(25(21-24)15-9-7-5-2)28-20-11-10-18-27-19-12-13-23(3)22-27;/h12-13,16-17,19,21-22H,4-11,14-15,18,20H2,1-3H3;1H/q+1;. The van der Waals surface area contributed by atoms with E-state index in [0.29, 0.717) is 0 Å². The van der Waals surface area contributed by atoms with Crippen LogP contribution in [-0.4, -0.2) is 6.61 Å². The third-order valence-corrected chi connectivity index (χ3v) is 5.32. The van der Waals surface area contributed by atoms with Crippen molar-refractivity contribution in [2.24, 2.45) is 0 Å². The lowest BCUT2D eigenvalue weighted by Crippen LogP contribution is -2.33. The molecular weight excluding hydrogens is 378 g/mol. The molecule has 162 valence electrons. The Labute approximate surface area is 185 Å². The second kappa shape index (κ2) is 15.3. The van der Waals surface area contributed by atoms with E-state index in [4.69, 9.17) is 4.74 Å². The van der Waals surface area contributed by atoms with Crippen LogP contribution in [0.15, 0.2) is 42.7 Å². The molecule has 0 N–H and O–H groups in total. The summed E-state index contributed by atoms with van der Waals surface area (Å²) in [6, 6.07) is 11.2. The van der Waals surface area contributed by atoms with Crippen LogP contribution >= 0.6 is 12.4 Å². The molecule has 2 nitrogen and oxygen atoms in total. The molecule has 3 heteroatoms. The van der Waals surface area contributed by atoms with Crippen LogP contribution in [0.1, 0.15) is 81.9 Å². The molecular formula is C26H41ClNO+. The van der Waals surface area contributed by atoms with Gasteiger partial charge in [0.1, 0.15) is 12.3 Å². The fourth-order valence-electron chi connectivity index (χ4n) is 3.64. The Balaban J connectivity index is 0.00000420. The lowest BCUT2D eigenvalue weighted by Gasteiger charge is -2.13. The van der Waals surface area contributed by atoms with Gasteiger partial charge in [0.15, 0.2) is 12.4 Å². The van der Waals surface area contributed by atoms with Crippen LogP contribution in [0.4, 0.5) is 0 Å². The van der Waals surface area contributed by atoms with Crippen LogP contribution in [0.3, 0.4) is 0 Å². The second-order valence-corrected chi connectivity index (χ2v) is 8.03. The van der Waals surface area contributed by atoms with E-state index in [1.165, 1.54) is 61.6 Å². The average Bonchev–Trinajstić information content (AvgIpc) is 2.69. The van der Waals surface area contributed by atoms with E-state index >= 15 is 0 Å². The van der Waals surface area contributed by atoms with Gasteiger partial charge in [-0.2, -0.15) is 0 Å². The van der Waals surface area contributed by atoms with Crippen molar-refractivity contribution >= 4 is 12.4 Å². The van der Waals surface area contributed by atoms with Crippen molar-refractivity contribution in [3.8, 4) is 5.75 Å². The fraction of sp³-hybridized carbons (Fsp3) is 0.577. The summed E-state index contributed by atoms with van der Waals surface area (Å²) >= 11 is 0. The van der Waals surface area contributed by atoms with Crippen LogP contribution in [0, 0.1) is 6.92 Å². The molecule has 2 aromatic rings. The molecule has 1 aromatic heterocycles. The van der Waals surface area contributed by atoms with Crippen LogP contribution in [0.25, 0.3) is 0 Å². The minimum Gasteiger partial charge on any atom is -0.493 e. The lowest BCUT2D eigenvalue weighted by atomic mass is 10.00. The molecule has 0 unspecified atom stereocenters. The minimum absolute atomic E-state index is 0. The number of hydrogen-bond donors (Lipinski definition) is 0. The number of rotatable bonds is 14. The zero-order chi connectivity index (χ0) is 20.0. The molecule has 2 rings (SSSR count). The number of ether oxygens (including phenoxy) is 1. The first kappa shape index (κ1) is 25.5. The zero-order valence-electron chi connectivity index (χ0n) is 18.8. The van der Waals surface area contributed by atoms with Gasteiger partial charge >= 0.3 is 0 Å². The zero-order valence-corrected chi connectivity index (χ0v) is 19.6. The summed E-state index contributed by atoms with van der Waals surface area (Å²) in [6.07, 6.45) is 16.7. The number of nitrogens with zero attached hydrogens (tertiary/aromatic N) is 1. The lowest BCUT2D eigenvalue weighted by molar-refractivity contribution is -0.697. The molecule has 0 spiro atoms. The monoisotopic (exact) mass is 418 g/mol. The molecule has 0 fully saturated rings. The predicted octanol–water partition coefficient (Wildman–Crippen LogP) is 7.03. The number of pyridine rings is 1. The molecule has 29 heavy (non-hydrogen) atoms. The number of benzene rings is 1. The summed E-state index contributed by atoms with van der Waals surface area (Å²) in [5.74, 6) is 1.11. The van der Waals surface area contributed by atoms with Crippen molar-refractivity contribution < 1.29 is 9.30 Å². The smallest absolute Gasteiger partial charge is 0.171 e. The van der Waals surface area contributed by atoms with Crippen LogP contribution in [0.2, 0.25) is 0 Å². The molecule has 0 aliphatic carbocycles. The van der Waals surface area contributed by atoms with E-state index in [-0.39, 0.29) is 12.4 Å². The van der Waals surface area contributed by atoms with Crippen molar-refractivity contribution in [1.29, 1.82) is 0 Å². The first-order valence-electron chi connectivity index (χ1n) is 11.4. The summed E-state index contributed by atoms with van der Waals surface area (Å²) in [5, 5.41) is 0. The fourth-order valence-corrected chi connectivity index (χ4v) is 3.64. The Morgan fingerprint density at radius 2 is 1.62 bits per heavy atom. The maximum Gasteiger partial charge on any atom is 0.171 e. The highest BCUT2D eigenvalue weighted by atomic mass is 35.5. The first-order valence-corrected chi connectivity index (χ1v) is 11.4. The third-order valence-electron chi connectivity index (χ3n) is 5.32. The van der Waals surface area contributed by atoms with Gasteiger partial charge in [-0.3, -0.25) is 0 Å². The molecule has 0 aliphatic heterocycles. The quantitative estimate of drug-likeness (QED) is 0.237. The van der Waals surface area contributed by atoms with Gasteiger partial charge in [0, 0.05) is 18.1 Å². The van der Waals surface area contributed by atoms with Gasteiger partial charge in [-0.1, -0.05) is 51.7 Å². The highest BCUT2D eigenvalue weighted by Crippen LogP contribution is 2.24. The normalized spacial score (nSPS) is 10.6. The molecule has 1 heterocycles. The van der Waals surface area contributed by atoms with E-state index in [1.54, 1.807) is 0 Å². The van der Waals surface area contributed by atoms with Crippen molar-refractivity contribution in [3.63, 3.8) is 0 Å². The summed E-state index contributed by atoms with van der Waals surface area (Å²) in [5.41, 5.74) is 4.20. The van der Waals surface area contributed by atoms with E-state index in [1.807, 2.05) is 0 Å². The number of aryl methyl sites for hydroxylation is 4. The molecule has 0 radical (unpaired) electrons. The number of hydrogen-bond acceptors (Lipinski definition) is 1. The maximum atomic E-state index is 6.20. The molecule has 1 aromatic carbocycles. The van der Waals surface area contributed by atoms with E-state index < -0.39 is 0 Å². The second-order valence-electron chi connectivity index (χ2n) is 8.03. The Bertz CT molecular complexity index is 686. The van der Waals surface area contributed by atoms with Crippen LogP contribution in [-0.2, 0) is 19.4 Å². The summed E-state index contributed by atoms with van der Waals surface area (Å²) in [4.78, 5) is 0. The van der Waals surface area contributed by atoms with Crippen molar-refractivity contribution in [1.82, 2.24) is 0 Å². The molecule has 0 saturated heterocycles. The van der Waals surface area contributed by atoms with Gasteiger partial charge in [0.05, 0.1) is 6.61 Å². The molecule has 0 amide bonds. The Morgan fingerprint density at radius 3 is 2.34 bits per heavy atom. The van der Waals surface area contributed by atoms with Gasteiger partial charge < -0.3 is 4.74 Å². The summed E-state index contributed by atoms with van der Waals surface area (Å²) in [7, 11) is 0. The molecule has 0 saturated carbocycles. The van der Waals surface area contributed by atoms with Crippen LogP contribution < -0.4 is 9.30 Å². The highest BCUT2D eigenvalue weighted by molar-refractivity contribution is 5.85. The predicted molar refractivity (Wildman–Crippen MR) is 126 cm³/mol. The Hall–Kier alpha value is -1.54. The van der Waals surface area contributed by atoms with E-state index in [9.17, 15) is 0 Å². The van der Waals surface area contributed by atoms with Crippen molar-refractivity contribution in [2.75, 3.05) is 6.61 Å². The van der Waals surface area contributed by atoms with Gasteiger partial charge in [-0.15, -0.1) is 12.4 Å². The van der Waals surface area contributed by atoms with E-state index in [2.05, 4.69) is 68.1 Å². The Morgan fingerprint density at radius 1 is 0.862 bits per heavy atom. The maximum absolute atomic E-state index is 6.20. The first-order chi connectivity index (χ1) is 13.7. The molecule has 0 atom stereocenters. The molecule has 0 aliphatic rings. The third kappa shape index (κ3) is 10.2. The SMILES string of the molecule is CCCCCc1ccc(OCCCC[n+]2cccc(C)c2)c(CCCCC)c1.Cl. The largest absolute Gasteiger partial charge is 0.493 e. The van der Waals surface area contributed by atoms with E-state index in [0.717, 1.165) is 38.2 Å². The number of aromatic nitrogens is 1. The van der Waals surface area contributed by atoms with Gasteiger partial charge in [0.2, 0.25) is 0 Å². The minimum atomic E-state index is 0. The number of halogens is 1. The topological polar surface area (TPSA) is 13.1 Å². The van der Waals surface area contributed by atoms with Gasteiger partial charge in [-0.25, -0.2) is 4.57 Å². The Kier molecular flexibility index (Phi) is 13.5. The summed E-state index contributed by atoms with van der Waals surface area (Å²) < 4.78 is 8.48. The molecule has 0 bridgehead atoms. The summed E-state index contributed by atoms with van der Waals surface area (Å²) in [6.45, 7) is 8.55. The van der Waals surface area contributed by atoms with Gasteiger partial charge in [-0.05, 0) is 62.3 Å². The highest BCUT2D eigenvalue weighted by Gasteiger charge is 2.07. The van der Waals surface area contributed by atoms with Gasteiger partial charge in [0.25, 0.3) is 0 Å². The average molecular weight is 419 g/mol. The van der Waals surface area contributed by atoms with Crippen molar-refractivity contribution in [3.05, 3.63) is 59.4 Å². The van der Waals surface area contributed by atoms with Crippen molar-refractivity contribution in [2.45, 2.75) is 91.5 Å². The van der Waals surface area contributed by atoms with Crippen LogP contribution in [0.5, 0.6) is 5.75 Å². The number of unbranched alkanes of at least 4 members (excludes halogenated alkanes) is 5.